The average Bonchev–Trinajstić information content (AvgIpc) is 3.51. The van der Waals surface area contributed by atoms with E-state index in [1.54, 1.807) is 0 Å². The molecule has 3 aromatic rings. The molecule has 3 aliphatic rings. The van der Waals surface area contributed by atoms with E-state index in [2.05, 4.69) is 4.57 Å². The molecule has 1 spiro atoms. The number of para-hydroxylation sites is 1. The number of hydrogen-bond donors (Lipinski definition) is 0. The van der Waals surface area contributed by atoms with Crippen LogP contribution >= 0.6 is 0 Å². The van der Waals surface area contributed by atoms with Crippen LogP contribution in [-0.4, -0.2) is 30.4 Å². The van der Waals surface area contributed by atoms with E-state index in [0.717, 1.165) is 29.8 Å². The van der Waals surface area contributed by atoms with Crippen molar-refractivity contribution in [1.29, 1.82) is 0 Å². The van der Waals surface area contributed by atoms with Gasteiger partial charge in [0, 0.05) is 42.8 Å². The number of carbonyl (C=O) groups is 1. The van der Waals surface area contributed by atoms with Crippen LogP contribution < -0.4 is 19.1 Å². The number of ether oxygens (including phenoxy) is 3. The van der Waals surface area contributed by atoms with Gasteiger partial charge in [-0.1, -0.05) is 18.2 Å². The molecule has 0 saturated carbocycles. The maximum absolute atomic E-state index is 13.8. The molecule has 1 amide bonds. The van der Waals surface area contributed by atoms with Crippen LogP contribution in [0.1, 0.15) is 17.5 Å². The number of amides is 1. The second-order valence-electron chi connectivity index (χ2n) is 7.64. The number of benzene rings is 2. The minimum atomic E-state index is -0.819. The smallest absolute Gasteiger partial charge is 0.245 e. The maximum atomic E-state index is 13.8. The maximum Gasteiger partial charge on any atom is 0.245 e. The molecule has 1 aromatic heterocycles. The minimum absolute atomic E-state index is 0.0730. The van der Waals surface area contributed by atoms with Crippen molar-refractivity contribution < 1.29 is 19.0 Å². The molecule has 1 unspecified atom stereocenters. The molecule has 0 aliphatic carbocycles. The van der Waals surface area contributed by atoms with Crippen molar-refractivity contribution in [2.45, 2.75) is 18.4 Å². The van der Waals surface area contributed by atoms with Gasteiger partial charge in [0.2, 0.25) is 12.7 Å². The van der Waals surface area contributed by atoms with E-state index in [4.69, 9.17) is 14.2 Å². The number of anilines is 1. The van der Waals surface area contributed by atoms with E-state index in [0.29, 0.717) is 30.4 Å². The van der Waals surface area contributed by atoms with E-state index >= 15 is 0 Å². The van der Waals surface area contributed by atoms with Crippen LogP contribution in [0.15, 0.2) is 60.9 Å². The number of aromatic nitrogens is 1. The molecule has 29 heavy (non-hydrogen) atoms. The Bertz CT molecular complexity index is 1110. The average molecular weight is 388 g/mol. The summed E-state index contributed by atoms with van der Waals surface area (Å²) in [5, 5.41) is 0. The summed E-state index contributed by atoms with van der Waals surface area (Å²) >= 11 is 0. The molecule has 146 valence electrons. The summed E-state index contributed by atoms with van der Waals surface area (Å²) in [6.45, 7) is 2.03. The summed E-state index contributed by atoms with van der Waals surface area (Å²) in [6.07, 6.45) is 4.97. The quantitative estimate of drug-likeness (QED) is 0.688. The predicted octanol–water partition coefficient (Wildman–Crippen LogP) is 3.33. The molecule has 3 aliphatic heterocycles. The van der Waals surface area contributed by atoms with Crippen LogP contribution in [0.3, 0.4) is 0 Å². The summed E-state index contributed by atoms with van der Waals surface area (Å²) in [7, 11) is 0. The van der Waals surface area contributed by atoms with Crippen LogP contribution in [0, 0.1) is 0 Å². The van der Waals surface area contributed by atoms with Crippen LogP contribution in [-0.2, 0) is 16.8 Å². The Morgan fingerprint density at radius 3 is 2.52 bits per heavy atom. The van der Waals surface area contributed by atoms with E-state index < -0.39 is 5.41 Å². The lowest BCUT2D eigenvalue weighted by molar-refractivity contribution is -0.122. The first-order chi connectivity index (χ1) is 14.3. The Labute approximate surface area is 168 Å². The second-order valence-corrected chi connectivity index (χ2v) is 7.64. The SMILES string of the molecule is O=C1N(CCCn2cccc2)c2ccccc2C12COc1cc3c(cc12)OCO3. The molecular weight excluding hydrogens is 368 g/mol. The third-order valence-corrected chi connectivity index (χ3v) is 6.11. The lowest BCUT2D eigenvalue weighted by Crippen LogP contribution is -2.43. The number of carbonyl (C=O) groups excluding carboxylic acids is 1. The Kier molecular flexibility index (Phi) is 3.45. The highest BCUT2D eigenvalue weighted by molar-refractivity contribution is 6.11. The van der Waals surface area contributed by atoms with Gasteiger partial charge in [0.05, 0.1) is 0 Å². The molecule has 6 rings (SSSR count). The largest absolute Gasteiger partial charge is 0.491 e. The molecule has 6 nitrogen and oxygen atoms in total. The van der Waals surface area contributed by atoms with Crippen molar-refractivity contribution in [1.82, 2.24) is 4.57 Å². The molecule has 0 bridgehead atoms. The zero-order valence-corrected chi connectivity index (χ0v) is 15.8. The highest BCUT2D eigenvalue weighted by atomic mass is 16.7. The summed E-state index contributed by atoms with van der Waals surface area (Å²) < 4.78 is 19.2. The highest BCUT2D eigenvalue weighted by Gasteiger charge is 2.57. The van der Waals surface area contributed by atoms with E-state index in [-0.39, 0.29) is 12.7 Å². The lowest BCUT2D eigenvalue weighted by atomic mass is 9.77. The molecule has 0 radical (unpaired) electrons. The molecule has 2 aromatic carbocycles. The van der Waals surface area contributed by atoms with Gasteiger partial charge in [-0.15, -0.1) is 0 Å². The third-order valence-electron chi connectivity index (χ3n) is 6.11. The van der Waals surface area contributed by atoms with Gasteiger partial charge in [-0.2, -0.15) is 0 Å². The molecule has 6 heteroatoms. The fourth-order valence-electron chi connectivity index (χ4n) is 4.72. The second kappa shape index (κ2) is 6.04. The number of nitrogens with zero attached hydrogens (tertiary/aromatic N) is 2. The highest BCUT2D eigenvalue weighted by Crippen LogP contribution is 2.54. The molecule has 0 fully saturated rings. The third kappa shape index (κ3) is 2.26. The Morgan fingerprint density at radius 2 is 1.66 bits per heavy atom. The van der Waals surface area contributed by atoms with Gasteiger partial charge in [0.15, 0.2) is 11.5 Å². The van der Waals surface area contributed by atoms with Crippen molar-refractivity contribution >= 4 is 11.6 Å². The van der Waals surface area contributed by atoms with Gasteiger partial charge in [-0.25, -0.2) is 0 Å². The Balaban J connectivity index is 1.39. The van der Waals surface area contributed by atoms with Crippen LogP contribution in [0.5, 0.6) is 17.2 Å². The number of rotatable bonds is 4. The molecular formula is C23H20N2O4. The van der Waals surface area contributed by atoms with Gasteiger partial charge >= 0.3 is 0 Å². The van der Waals surface area contributed by atoms with Crippen molar-refractivity contribution in [3.8, 4) is 17.2 Å². The van der Waals surface area contributed by atoms with Gasteiger partial charge in [0.1, 0.15) is 17.8 Å². The van der Waals surface area contributed by atoms with Gasteiger partial charge < -0.3 is 23.7 Å². The topological polar surface area (TPSA) is 52.9 Å². The zero-order valence-electron chi connectivity index (χ0n) is 15.8. The van der Waals surface area contributed by atoms with Crippen molar-refractivity contribution in [3.05, 3.63) is 72.1 Å². The van der Waals surface area contributed by atoms with Crippen molar-refractivity contribution in [3.63, 3.8) is 0 Å². The molecule has 0 saturated heterocycles. The summed E-state index contributed by atoms with van der Waals surface area (Å²) in [4.78, 5) is 15.7. The molecule has 4 heterocycles. The fraction of sp³-hybridized carbons (Fsp3) is 0.261. The van der Waals surface area contributed by atoms with E-state index in [1.807, 2.05) is 65.8 Å². The van der Waals surface area contributed by atoms with Crippen molar-refractivity contribution in [2.75, 3.05) is 24.8 Å². The Hall–Kier alpha value is -3.41. The fourth-order valence-corrected chi connectivity index (χ4v) is 4.72. The molecule has 1 atom stereocenters. The van der Waals surface area contributed by atoms with Gasteiger partial charge in [-0.3, -0.25) is 4.79 Å². The number of hydrogen-bond acceptors (Lipinski definition) is 4. The van der Waals surface area contributed by atoms with Gasteiger partial charge in [0.25, 0.3) is 0 Å². The summed E-state index contributed by atoms with van der Waals surface area (Å²) in [5.41, 5.74) is 2.02. The van der Waals surface area contributed by atoms with E-state index in [9.17, 15) is 4.79 Å². The van der Waals surface area contributed by atoms with Crippen LogP contribution in [0.2, 0.25) is 0 Å². The summed E-state index contributed by atoms with van der Waals surface area (Å²) in [6, 6.07) is 15.8. The standard InChI is InChI=1S/C23H20N2O4/c26-22-23(14-27-19-13-21-20(12-17(19)23)28-15-29-21)16-6-1-2-7-18(16)25(22)11-5-10-24-8-3-4-9-24/h1-4,6-9,12-13H,5,10-11,14-15H2. The normalized spacial score (nSPS) is 20.8. The predicted molar refractivity (Wildman–Crippen MR) is 107 cm³/mol. The van der Waals surface area contributed by atoms with Crippen molar-refractivity contribution in [2.24, 2.45) is 0 Å². The van der Waals surface area contributed by atoms with Crippen LogP contribution in [0.4, 0.5) is 5.69 Å². The van der Waals surface area contributed by atoms with E-state index in [1.165, 1.54) is 0 Å². The van der Waals surface area contributed by atoms with Gasteiger partial charge in [-0.05, 0) is 36.2 Å². The summed E-state index contributed by atoms with van der Waals surface area (Å²) in [5.74, 6) is 2.11. The first-order valence-electron chi connectivity index (χ1n) is 9.86. The molecule has 0 N–H and O–H groups in total. The number of aryl methyl sites for hydroxylation is 1. The number of fused-ring (bicyclic) bond motifs is 5. The minimum Gasteiger partial charge on any atom is -0.491 e. The first kappa shape index (κ1) is 16.5. The Morgan fingerprint density at radius 1 is 0.862 bits per heavy atom. The zero-order chi connectivity index (χ0) is 19.4. The first-order valence-corrected chi connectivity index (χ1v) is 9.86. The lowest BCUT2D eigenvalue weighted by Gasteiger charge is -2.23. The monoisotopic (exact) mass is 388 g/mol. The van der Waals surface area contributed by atoms with Crippen LogP contribution in [0.25, 0.3) is 0 Å².